The van der Waals surface area contributed by atoms with E-state index in [0.29, 0.717) is 16.5 Å². The van der Waals surface area contributed by atoms with Gasteiger partial charge in [0.05, 0.1) is 10.6 Å². The lowest BCUT2D eigenvalue weighted by Crippen LogP contribution is -2.03. The maximum atomic E-state index is 11.6. The lowest BCUT2D eigenvalue weighted by Gasteiger charge is -2.11. The minimum Gasteiger partial charge on any atom is -0.455 e. The first kappa shape index (κ1) is 13.7. The van der Waals surface area contributed by atoms with Crippen LogP contribution >= 0.6 is 11.6 Å². The lowest BCUT2D eigenvalue weighted by atomic mass is 10.3. The van der Waals surface area contributed by atoms with E-state index < -0.39 is 9.84 Å². The van der Waals surface area contributed by atoms with Gasteiger partial charge >= 0.3 is 0 Å². The van der Waals surface area contributed by atoms with E-state index in [1.54, 1.807) is 36.4 Å². The van der Waals surface area contributed by atoms with E-state index in [9.17, 15) is 8.42 Å². The molecule has 0 aliphatic rings. The fourth-order valence-corrected chi connectivity index (χ4v) is 2.52. The third kappa shape index (κ3) is 3.19. The van der Waals surface area contributed by atoms with Gasteiger partial charge in [0.1, 0.15) is 5.75 Å². The molecular weight excluding hydrogens is 286 g/mol. The van der Waals surface area contributed by atoms with E-state index in [4.69, 9.17) is 22.1 Å². The molecule has 2 rings (SSSR count). The van der Waals surface area contributed by atoms with Crippen molar-refractivity contribution in [3.8, 4) is 11.5 Å². The molecule has 100 valence electrons. The van der Waals surface area contributed by atoms with E-state index in [1.165, 1.54) is 6.07 Å². The zero-order valence-corrected chi connectivity index (χ0v) is 11.7. The van der Waals surface area contributed by atoms with Gasteiger partial charge in [0, 0.05) is 11.3 Å². The first-order valence-electron chi connectivity index (χ1n) is 5.40. The second-order valence-electron chi connectivity index (χ2n) is 4.00. The second kappa shape index (κ2) is 5.11. The molecule has 0 aliphatic heterocycles. The van der Waals surface area contributed by atoms with Crippen LogP contribution in [0.25, 0.3) is 0 Å². The monoisotopic (exact) mass is 297 g/mol. The molecule has 0 radical (unpaired) electrons. The number of hydrogen-bond donors (Lipinski definition) is 1. The molecule has 0 atom stereocenters. The number of nitrogens with two attached hydrogens (primary N) is 1. The van der Waals surface area contributed by atoms with Crippen molar-refractivity contribution in [2.75, 3.05) is 12.0 Å². The zero-order chi connectivity index (χ0) is 14.0. The first-order chi connectivity index (χ1) is 8.88. The van der Waals surface area contributed by atoms with Crippen molar-refractivity contribution in [2.45, 2.75) is 4.90 Å². The van der Waals surface area contributed by atoms with Crippen molar-refractivity contribution in [1.82, 2.24) is 0 Å². The molecule has 0 saturated carbocycles. The fraction of sp³-hybridized carbons (Fsp3) is 0.0769. The van der Waals surface area contributed by atoms with Crippen LogP contribution in [-0.2, 0) is 9.84 Å². The number of sulfone groups is 1. The summed E-state index contributed by atoms with van der Waals surface area (Å²) < 4.78 is 28.7. The highest BCUT2D eigenvalue weighted by atomic mass is 35.5. The normalized spacial score (nSPS) is 11.3. The van der Waals surface area contributed by atoms with E-state index in [0.717, 1.165) is 6.26 Å². The second-order valence-corrected chi connectivity index (χ2v) is 6.42. The van der Waals surface area contributed by atoms with Crippen LogP contribution in [0.2, 0.25) is 5.02 Å². The molecule has 0 unspecified atom stereocenters. The number of anilines is 1. The van der Waals surface area contributed by atoms with Crippen molar-refractivity contribution in [3.05, 3.63) is 47.5 Å². The van der Waals surface area contributed by atoms with Crippen LogP contribution in [0.4, 0.5) is 5.69 Å². The molecular formula is C13H12ClNO3S. The van der Waals surface area contributed by atoms with Gasteiger partial charge in [0.2, 0.25) is 0 Å². The highest BCUT2D eigenvalue weighted by Gasteiger charge is 2.15. The third-order valence-corrected chi connectivity index (χ3v) is 3.87. The molecule has 0 aliphatic carbocycles. The molecule has 0 saturated heterocycles. The Morgan fingerprint density at radius 2 is 1.74 bits per heavy atom. The summed E-state index contributed by atoms with van der Waals surface area (Å²) in [7, 11) is -3.38. The molecule has 0 heterocycles. The summed E-state index contributed by atoms with van der Waals surface area (Å²) in [6.45, 7) is 0. The Kier molecular flexibility index (Phi) is 3.68. The van der Waals surface area contributed by atoms with Crippen LogP contribution in [0.5, 0.6) is 11.5 Å². The smallest absolute Gasteiger partial charge is 0.177 e. The maximum Gasteiger partial charge on any atom is 0.177 e. The molecule has 0 amide bonds. The van der Waals surface area contributed by atoms with Gasteiger partial charge < -0.3 is 10.5 Å². The summed E-state index contributed by atoms with van der Waals surface area (Å²) >= 11 is 5.77. The topological polar surface area (TPSA) is 69.4 Å². The number of nitrogen functional groups attached to an aromatic ring is 1. The fourth-order valence-electron chi connectivity index (χ4n) is 1.57. The summed E-state index contributed by atoms with van der Waals surface area (Å²) in [5.74, 6) is 0.826. The number of para-hydroxylation sites is 1. The first-order valence-corrected chi connectivity index (χ1v) is 7.67. The summed E-state index contributed by atoms with van der Waals surface area (Å²) in [6, 6.07) is 11.3. The molecule has 2 aromatic carbocycles. The predicted octanol–water partition coefficient (Wildman–Crippen LogP) is 3.12. The van der Waals surface area contributed by atoms with Gasteiger partial charge in [0.25, 0.3) is 0 Å². The maximum absolute atomic E-state index is 11.6. The van der Waals surface area contributed by atoms with Crippen LogP contribution in [0.15, 0.2) is 47.4 Å². The Balaban J connectivity index is 2.39. The van der Waals surface area contributed by atoms with Gasteiger partial charge in [-0.25, -0.2) is 8.42 Å². The van der Waals surface area contributed by atoms with Crippen LogP contribution in [-0.4, -0.2) is 14.7 Å². The lowest BCUT2D eigenvalue weighted by molar-refractivity contribution is 0.483. The highest BCUT2D eigenvalue weighted by molar-refractivity contribution is 7.90. The van der Waals surface area contributed by atoms with Gasteiger partial charge in [-0.3, -0.25) is 0 Å². The molecule has 0 aromatic heterocycles. The highest BCUT2D eigenvalue weighted by Crippen LogP contribution is 2.32. The van der Waals surface area contributed by atoms with Crippen LogP contribution in [0, 0.1) is 0 Å². The van der Waals surface area contributed by atoms with Gasteiger partial charge in [-0.2, -0.15) is 0 Å². The molecule has 2 aromatic rings. The average molecular weight is 298 g/mol. The predicted molar refractivity (Wildman–Crippen MR) is 75.5 cm³/mol. The summed E-state index contributed by atoms with van der Waals surface area (Å²) in [4.78, 5) is 0.0546. The number of rotatable bonds is 3. The standard InChI is InChI=1S/C13H12ClNO3S/c1-19(16,17)12-4-2-3-11(13(12)15)18-10-7-5-9(14)6-8-10/h2-8H,15H2,1H3. The molecule has 0 spiro atoms. The Morgan fingerprint density at radius 3 is 2.32 bits per heavy atom. The largest absolute Gasteiger partial charge is 0.455 e. The summed E-state index contributed by atoms with van der Waals surface area (Å²) in [5.41, 5.74) is 5.91. The minimum atomic E-state index is -3.38. The SMILES string of the molecule is CS(=O)(=O)c1cccc(Oc2ccc(Cl)cc2)c1N. The molecule has 2 N–H and O–H groups in total. The molecule has 4 nitrogen and oxygen atoms in total. The van der Waals surface area contributed by atoms with E-state index in [1.807, 2.05) is 0 Å². The van der Waals surface area contributed by atoms with Crippen molar-refractivity contribution in [2.24, 2.45) is 0 Å². The van der Waals surface area contributed by atoms with Crippen molar-refractivity contribution in [1.29, 1.82) is 0 Å². The number of hydrogen-bond acceptors (Lipinski definition) is 4. The number of halogens is 1. The molecule has 0 bridgehead atoms. The van der Waals surface area contributed by atoms with Gasteiger partial charge in [-0.15, -0.1) is 0 Å². The Morgan fingerprint density at radius 1 is 1.11 bits per heavy atom. The van der Waals surface area contributed by atoms with Crippen LogP contribution in [0.3, 0.4) is 0 Å². The summed E-state index contributed by atoms with van der Waals surface area (Å²) in [5, 5.41) is 0.588. The van der Waals surface area contributed by atoms with Crippen molar-refractivity contribution in [3.63, 3.8) is 0 Å². The molecule has 0 fully saturated rings. The van der Waals surface area contributed by atoms with Gasteiger partial charge in [0.15, 0.2) is 15.6 Å². The Labute approximate surface area is 116 Å². The Bertz CT molecular complexity index is 696. The molecule has 19 heavy (non-hydrogen) atoms. The van der Waals surface area contributed by atoms with E-state index in [2.05, 4.69) is 0 Å². The Hall–Kier alpha value is -1.72. The zero-order valence-electron chi connectivity index (χ0n) is 10.1. The number of benzene rings is 2. The summed E-state index contributed by atoms with van der Waals surface area (Å²) in [6.07, 6.45) is 1.10. The third-order valence-electron chi connectivity index (χ3n) is 2.47. The van der Waals surface area contributed by atoms with Crippen LogP contribution in [0.1, 0.15) is 0 Å². The van der Waals surface area contributed by atoms with Gasteiger partial charge in [-0.1, -0.05) is 17.7 Å². The average Bonchev–Trinajstić information content (AvgIpc) is 2.33. The van der Waals surface area contributed by atoms with Crippen LogP contribution < -0.4 is 10.5 Å². The van der Waals surface area contributed by atoms with Crippen molar-refractivity contribution >= 4 is 27.1 Å². The van der Waals surface area contributed by atoms with Gasteiger partial charge in [-0.05, 0) is 36.4 Å². The van der Waals surface area contributed by atoms with E-state index in [-0.39, 0.29) is 10.6 Å². The quantitative estimate of drug-likeness (QED) is 0.884. The minimum absolute atomic E-state index is 0.0546. The number of ether oxygens (including phenoxy) is 1. The van der Waals surface area contributed by atoms with E-state index >= 15 is 0 Å². The molecule has 6 heteroatoms. The van der Waals surface area contributed by atoms with Crippen molar-refractivity contribution < 1.29 is 13.2 Å².